The van der Waals surface area contributed by atoms with Gasteiger partial charge in [-0.1, -0.05) is 31.9 Å². The standard InChI is InChI=1S/C16H26O4/c1-2-3-7-12-19-15(17)10-11-16(18)20-13-14-8-5-4-6-9-14/h5,8,14H,2-4,6-7,9-13H2,1H3. The van der Waals surface area contributed by atoms with Crippen LogP contribution < -0.4 is 0 Å². The fraction of sp³-hybridized carbons (Fsp3) is 0.750. The van der Waals surface area contributed by atoms with Crippen molar-refractivity contribution in [2.45, 2.75) is 58.3 Å². The van der Waals surface area contributed by atoms with Crippen LogP contribution >= 0.6 is 0 Å². The van der Waals surface area contributed by atoms with Gasteiger partial charge in [-0.2, -0.15) is 0 Å². The molecule has 0 bridgehead atoms. The first-order chi connectivity index (χ1) is 9.72. The molecule has 0 radical (unpaired) electrons. The van der Waals surface area contributed by atoms with Crippen LogP contribution in [0.3, 0.4) is 0 Å². The Hall–Kier alpha value is -1.32. The number of hydrogen-bond acceptors (Lipinski definition) is 4. The van der Waals surface area contributed by atoms with Crippen LogP contribution in [0.2, 0.25) is 0 Å². The van der Waals surface area contributed by atoms with E-state index in [4.69, 9.17) is 9.47 Å². The van der Waals surface area contributed by atoms with Gasteiger partial charge in [0.1, 0.15) is 0 Å². The second-order valence-electron chi connectivity index (χ2n) is 5.23. The van der Waals surface area contributed by atoms with E-state index in [1.807, 2.05) is 0 Å². The minimum atomic E-state index is -0.311. The smallest absolute Gasteiger partial charge is 0.306 e. The SMILES string of the molecule is CCCCCOC(=O)CCC(=O)OCC1C=CCCC1. The van der Waals surface area contributed by atoms with E-state index >= 15 is 0 Å². The van der Waals surface area contributed by atoms with Crippen LogP contribution in [0.25, 0.3) is 0 Å². The third kappa shape index (κ3) is 7.97. The second kappa shape index (κ2) is 10.5. The average Bonchev–Trinajstić information content (AvgIpc) is 2.48. The molecule has 4 heteroatoms. The fourth-order valence-corrected chi connectivity index (χ4v) is 2.11. The highest BCUT2D eigenvalue weighted by Crippen LogP contribution is 2.17. The predicted molar refractivity (Wildman–Crippen MR) is 77.2 cm³/mol. The lowest BCUT2D eigenvalue weighted by molar-refractivity contribution is -0.151. The lowest BCUT2D eigenvalue weighted by Gasteiger charge is -2.15. The van der Waals surface area contributed by atoms with E-state index in [1.165, 1.54) is 0 Å². The Kier molecular flexibility index (Phi) is 8.76. The number of unbranched alkanes of at least 4 members (excludes halogenated alkanes) is 2. The Morgan fingerprint density at radius 1 is 1.15 bits per heavy atom. The molecule has 0 saturated heterocycles. The maximum absolute atomic E-state index is 11.5. The molecule has 114 valence electrons. The molecule has 0 saturated carbocycles. The lowest BCUT2D eigenvalue weighted by atomic mass is 9.97. The summed E-state index contributed by atoms with van der Waals surface area (Å²) in [6, 6.07) is 0. The number of allylic oxidation sites excluding steroid dienone is 1. The lowest BCUT2D eigenvalue weighted by Crippen LogP contribution is -2.15. The van der Waals surface area contributed by atoms with Crippen LogP contribution in [0.5, 0.6) is 0 Å². The van der Waals surface area contributed by atoms with E-state index in [9.17, 15) is 9.59 Å². The molecule has 1 aliphatic rings. The largest absolute Gasteiger partial charge is 0.466 e. The molecular weight excluding hydrogens is 256 g/mol. The van der Waals surface area contributed by atoms with E-state index in [0.29, 0.717) is 19.1 Å². The minimum absolute atomic E-state index is 0.114. The van der Waals surface area contributed by atoms with Crippen molar-refractivity contribution in [1.82, 2.24) is 0 Å². The van der Waals surface area contributed by atoms with Gasteiger partial charge in [0.05, 0.1) is 26.1 Å². The van der Waals surface area contributed by atoms with Crippen molar-refractivity contribution in [3.8, 4) is 0 Å². The Morgan fingerprint density at radius 3 is 2.55 bits per heavy atom. The van der Waals surface area contributed by atoms with Crippen LogP contribution in [-0.4, -0.2) is 25.2 Å². The van der Waals surface area contributed by atoms with Crippen molar-refractivity contribution in [2.24, 2.45) is 5.92 Å². The zero-order chi connectivity index (χ0) is 14.6. The number of carbonyl (C=O) groups excluding carboxylic acids is 2. The summed E-state index contributed by atoms with van der Waals surface area (Å²) < 4.78 is 10.2. The molecule has 0 fully saturated rings. The normalized spacial score (nSPS) is 17.8. The highest BCUT2D eigenvalue weighted by Gasteiger charge is 2.13. The van der Waals surface area contributed by atoms with Gasteiger partial charge in [-0.15, -0.1) is 0 Å². The third-order valence-corrected chi connectivity index (χ3v) is 3.36. The van der Waals surface area contributed by atoms with Gasteiger partial charge in [-0.25, -0.2) is 0 Å². The van der Waals surface area contributed by atoms with Crippen molar-refractivity contribution >= 4 is 11.9 Å². The van der Waals surface area contributed by atoms with Crippen molar-refractivity contribution in [3.05, 3.63) is 12.2 Å². The Labute approximate surface area is 121 Å². The summed E-state index contributed by atoms with van der Waals surface area (Å²) in [6.07, 6.45) is 10.9. The molecule has 0 amide bonds. The molecular formula is C16H26O4. The summed E-state index contributed by atoms with van der Waals surface area (Å²) >= 11 is 0. The van der Waals surface area contributed by atoms with Crippen LogP contribution in [0.15, 0.2) is 12.2 Å². The second-order valence-corrected chi connectivity index (χ2v) is 5.23. The van der Waals surface area contributed by atoms with E-state index in [-0.39, 0.29) is 24.8 Å². The van der Waals surface area contributed by atoms with E-state index in [0.717, 1.165) is 38.5 Å². The molecule has 1 rings (SSSR count). The van der Waals surface area contributed by atoms with Gasteiger partial charge in [-0.05, 0) is 25.7 Å². The molecule has 0 aliphatic heterocycles. The summed E-state index contributed by atoms with van der Waals surface area (Å²) in [5.41, 5.74) is 0. The molecule has 1 aliphatic carbocycles. The first-order valence-corrected chi connectivity index (χ1v) is 7.70. The highest BCUT2D eigenvalue weighted by atomic mass is 16.5. The van der Waals surface area contributed by atoms with Gasteiger partial charge in [0.2, 0.25) is 0 Å². The van der Waals surface area contributed by atoms with Crippen molar-refractivity contribution in [3.63, 3.8) is 0 Å². The Bertz CT molecular complexity index is 322. The van der Waals surface area contributed by atoms with Gasteiger partial charge in [-0.3, -0.25) is 9.59 Å². The molecule has 0 aromatic heterocycles. The van der Waals surface area contributed by atoms with Crippen LogP contribution in [0.1, 0.15) is 58.3 Å². The summed E-state index contributed by atoms with van der Waals surface area (Å²) in [6.45, 7) is 2.98. The number of esters is 2. The van der Waals surface area contributed by atoms with Gasteiger partial charge >= 0.3 is 11.9 Å². The molecule has 20 heavy (non-hydrogen) atoms. The summed E-state index contributed by atoms with van der Waals surface area (Å²) in [5.74, 6) is -0.279. The quantitative estimate of drug-likeness (QED) is 0.369. The monoisotopic (exact) mass is 282 g/mol. The van der Waals surface area contributed by atoms with Gasteiger partial charge in [0.25, 0.3) is 0 Å². The van der Waals surface area contributed by atoms with Crippen molar-refractivity contribution < 1.29 is 19.1 Å². The Balaban J connectivity index is 2.02. The van der Waals surface area contributed by atoms with Crippen molar-refractivity contribution in [2.75, 3.05) is 13.2 Å². The zero-order valence-electron chi connectivity index (χ0n) is 12.4. The van der Waals surface area contributed by atoms with E-state index in [1.54, 1.807) is 0 Å². The Morgan fingerprint density at radius 2 is 1.90 bits per heavy atom. The first-order valence-electron chi connectivity index (χ1n) is 7.70. The fourth-order valence-electron chi connectivity index (χ4n) is 2.11. The molecule has 4 nitrogen and oxygen atoms in total. The summed E-state index contributed by atoms with van der Waals surface area (Å²) in [7, 11) is 0. The predicted octanol–water partition coefficient (Wildman–Crippen LogP) is 3.40. The number of hydrogen-bond donors (Lipinski definition) is 0. The third-order valence-electron chi connectivity index (χ3n) is 3.36. The maximum atomic E-state index is 11.5. The van der Waals surface area contributed by atoms with Gasteiger partial charge in [0.15, 0.2) is 0 Å². The van der Waals surface area contributed by atoms with Gasteiger partial charge < -0.3 is 9.47 Å². The summed E-state index contributed by atoms with van der Waals surface area (Å²) in [4.78, 5) is 22.9. The van der Waals surface area contributed by atoms with E-state index < -0.39 is 0 Å². The maximum Gasteiger partial charge on any atom is 0.306 e. The average molecular weight is 282 g/mol. The molecule has 1 atom stereocenters. The van der Waals surface area contributed by atoms with Crippen molar-refractivity contribution in [1.29, 1.82) is 0 Å². The molecule has 0 aromatic rings. The molecule has 1 unspecified atom stereocenters. The van der Waals surface area contributed by atoms with E-state index in [2.05, 4.69) is 19.1 Å². The van der Waals surface area contributed by atoms with Gasteiger partial charge in [0, 0.05) is 5.92 Å². The minimum Gasteiger partial charge on any atom is -0.466 e. The van der Waals surface area contributed by atoms with Crippen LogP contribution in [0, 0.1) is 5.92 Å². The molecule has 0 spiro atoms. The van der Waals surface area contributed by atoms with Crippen LogP contribution in [-0.2, 0) is 19.1 Å². The first kappa shape index (κ1) is 16.7. The molecule has 0 heterocycles. The molecule has 0 N–H and O–H groups in total. The number of rotatable bonds is 9. The number of ether oxygens (including phenoxy) is 2. The number of carbonyl (C=O) groups is 2. The summed E-state index contributed by atoms with van der Waals surface area (Å²) in [5, 5.41) is 0. The highest BCUT2D eigenvalue weighted by molar-refractivity contribution is 5.77. The zero-order valence-corrected chi connectivity index (χ0v) is 12.4. The topological polar surface area (TPSA) is 52.6 Å². The van der Waals surface area contributed by atoms with Crippen LogP contribution in [0.4, 0.5) is 0 Å². The molecule has 0 aromatic carbocycles.